The summed E-state index contributed by atoms with van der Waals surface area (Å²) < 4.78 is 16.1. The summed E-state index contributed by atoms with van der Waals surface area (Å²) >= 11 is 0. The normalized spacial score (nSPS) is 10.6. The fourth-order valence-corrected chi connectivity index (χ4v) is 2.47. The molecular weight excluding hydrogens is 314 g/mol. The van der Waals surface area contributed by atoms with Gasteiger partial charge in [0.05, 0.1) is 24.5 Å². The van der Waals surface area contributed by atoms with Gasteiger partial charge in [0.2, 0.25) is 11.2 Å². The Morgan fingerprint density at radius 1 is 1.08 bits per heavy atom. The standard InChI is InChI=1S/C17H13NO6/c1-22-14-9-10(7-8-12(14)18(20)21)16-17(23-2)15(19)11-5-3-4-6-13(11)24-16/h3-9H,1-2H3. The van der Waals surface area contributed by atoms with Crippen molar-refractivity contribution in [3.05, 3.63) is 62.8 Å². The van der Waals surface area contributed by atoms with Crippen molar-refractivity contribution in [2.75, 3.05) is 14.2 Å². The number of hydrogen-bond acceptors (Lipinski definition) is 6. The molecule has 0 radical (unpaired) electrons. The average molecular weight is 327 g/mol. The smallest absolute Gasteiger partial charge is 0.310 e. The minimum atomic E-state index is -0.545. The molecule has 0 unspecified atom stereocenters. The van der Waals surface area contributed by atoms with Crippen molar-refractivity contribution in [2.45, 2.75) is 0 Å². The maximum absolute atomic E-state index is 12.6. The monoisotopic (exact) mass is 327 g/mol. The zero-order valence-corrected chi connectivity index (χ0v) is 12.9. The van der Waals surface area contributed by atoms with Gasteiger partial charge in [-0.15, -0.1) is 0 Å². The van der Waals surface area contributed by atoms with Gasteiger partial charge in [0.25, 0.3) is 0 Å². The van der Waals surface area contributed by atoms with E-state index >= 15 is 0 Å². The van der Waals surface area contributed by atoms with Gasteiger partial charge in [0, 0.05) is 11.6 Å². The highest BCUT2D eigenvalue weighted by molar-refractivity contribution is 5.82. The van der Waals surface area contributed by atoms with Crippen molar-refractivity contribution in [1.82, 2.24) is 0 Å². The summed E-state index contributed by atoms with van der Waals surface area (Å²) in [5.74, 6) is 0.286. The number of nitro groups is 1. The van der Waals surface area contributed by atoms with Gasteiger partial charge in [-0.25, -0.2) is 0 Å². The Hall–Kier alpha value is -3.35. The molecule has 0 atom stereocenters. The van der Waals surface area contributed by atoms with Crippen LogP contribution in [0.3, 0.4) is 0 Å². The molecule has 0 bridgehead atoms. The molecule has 2 aromatic carbocycles. The lowest BCUT2D eigenvalue weighted by Gasteiger charge is -2.10. The van der Waals surface area contributed by atoms with Crippen molar-refractivity contribution in [2.24, 2.45) is 0 Å². The van der Waals surface area contributed by atoms with Crippen LogP contribution in [-0.2, 0) is 0 Å². The Morgan fingerprint density at radius 2 is 1.83 bits per heavy atom. The van der Waals surface area contributed by atoms with E-state index < -0.39 is 4.92 Å². The van der Waals surface area contributed by atoms with Gasteiger partial charge in [0.15, 0.2) is 11.5 Å². The predicted molar refractivity (Wildman–Crippen MR) is 87.7 cm³/mol. The van der Waals surface area contributed by atoms with Crippen LogP contribution in [0.5, 0.6) is 11.5 Å². The van der Waals surface area contributed by atoms with Crippen LogP contribution in [0.1, 0.15) is 0 Å². The molecule has 7 nitrogen and oxygen atoms in total. The zero-order valence-electron chi connectivity index (χ0n) is 12.9. The fraction of sp³-hybridized carbons (Fsp3) is 0.118. The number of hydrogen-bond donors (Lipinski definition) is 0. The van der Waals surface area contributed by atoms with E-state index in [9.17, 15) is 14.9 Å². The molecule has 0 aliphatic rings. The van der Waals surface area contributed by atoms with Crippen LogP contribution >= 0.6 is 0 Å². The molecule has 0 fully saturated rings. The number of methoxy groups -OCH3 is 2. The molecule has 0 saturated carbocycles. The number of benzene rings is 2. The summed E-state index contributed by atoms with van der Waals surface area (Å²) in [6.45, 7) is 0. The molecule has 0 N–H and O–H groups in total. The molecule has 0 aliphatic carbocycles. The maximum Gasteiger partial charge on any atom is 0.310 e. The first kappa shape index (κ1) is 15.5. The summed E-state index contributed by atoms with van der Waals surface area (Å²) in [6, 6.07) is 11.0. The molecule has 24 heavy (non-hydrogen) atoms. The van der Waals surface area contributed by atoms with E-state index in [1.165, 1.54) is 32.4 Å². The molecule has 7 heteroatoms. The van der Waals surface area contributed by atoms with Gasteiger partial charge >= 0.3 is 5.69 Å². The van der Waals surface area contributed by atoms with E-state index in [0.717, 1.165) is 0 Å². The highest BCUT2D eigenvalue weighted by atomic mass is 16.6. The van der Waals surface area contributed by atoms with Crippen molar-refractivity contribution >= 4 is 16.7 Å². The lowest BCUT2D eigenvalue weighted by Crippen LogP contribution is -2.07. The summed E-state index contributed by atoms with van der Waals surface area (Å²) in [5, 5.41) is 11.4. The van der Waals surface area contributed by atoms with E-state index in [1.807, 2.05) is 0 Å². The van der Waals surface area contributed by atoms with E-state index in [0.29, 0.717) is 16.5 Å². The lowest BCUT2D eigenvalue weighted by molar-refractivity contribution is -0.385. The Kier molecular flexibility index (Phi) is 3.91. The molecule has 3 rings (SSSR count). The van der Waals surface area contributed by atoms with Crippen molar-refractivity contribution in [1.29, 1.82) is 0 Å². The summed E-state index contributed by atoms with van der Waals surface area (Å²) in [5.41, 5.74) is 0.350. The highest BCUT2D eigenvalue weighted by Crippen LogP contribution is 2.36. The Balaban J connectivity index is 2.30. The Morgan fingerprint density at radius 3 is 2.50 bits per heavy atom. The first-order chi connectivity index (χ1) is 11.6. The van der Waals surface area contributed by atoms with Crippen molar-refractivity contribution < 1.29 is 18.8 Å². The molecular formula is C17H13NO6. The molecule has 1 heterocycles. The van der Waals surface area contributed by atoms with Gasteiger partial charge in [-0.1, -0.05) is 12.1 Å². The molecule has 0 amide bonds. The largest absolute Gasteiger partial charge is 0.490 e. The van der Waals surface area contributed by atoms with Gasteiger partial charge < -0.3 is 13.9 Å². The second-order valence-electron chi connectivity index (χ2n) is 4.93. The Bertz CT molecular complexity index is 992. The van der Waals surface area contributed by atoms with E-state index in [4.69, 9.17) is 13.9 Å². The molecule has 3 aromatic rings. The number of fused-ring (bicyclic) bond motifs is 1. The molecule has 1 aromatic heterocycles. The number of para-hydroxylation sites is 1. The van der Waals surface area contributed by atoms with Gasteiger partial charge in [-0.05, 0) is 24.3 Å². The van der Waals surface area contributed by atoms with E-state index in [1.54, 1.807) is 24.3 Å². The maximum atomic E-state index is 12.6. The van der Waals surface area contributed by atoms with Crippen molar-refractivity contribution in [3.8, 4) is 22.8 Å². The third kappa shape index (κ3) is 2.45. The quantitative estimate of drug-likeness (QED) is 0.539. The third-order valence-electron chi connectivity index (χ3n) is 3.60. The molecule has 122 valence electrons. The lowest BCUT2D eigenvalue weighted by atomic mass is 10.1. The average Bonchev–Trinajstić information content (AvgIpc) is 2.61. The van der Waals surface area contributed by atoms with E-state index in [2.05, 4.69) is 0 Å². The fourth-order valence-electron chi connectivity index (χ4n) is 2.47. The van der Waals surface area contributed by atoms with E-state index in [-0.39, 0.29) is 28.4 Å². The number of nitrogens with zero attached hydrogens (tertiary/aromatic N) is 1. The van der Waals surface area contributed by atoms with Gasteiger partial charge in [-0.2, -0.15) is 0 Å². The van der Waals surface area contributed by atoms with Crippen molar-refractivity contribution in [3.63, 3.8) is 0 Å². The predicted octanol–water partition coefficient (Wildman–Crippen LogP) is 3.39. The first-order valence-corrected chi connectivity index (χ1v) is 6.99. The topological polar surface area (TPSA) is 91.8 Å². The summed E-state index contributed by atoms with van der Waals surface area (Å²) in [7, 11) is 2.70. The number of rotatable bonds is 4. The highest BCUT2D eigenvalue weighted by Gasteiger charge is 2.21. The Labute approximate surface area is 136 Å². The second kappa shape index (κ2) is 6.04. The van der Waals surface area contributed by atoms with Crippen LogP contribution in [-0.4, -0.2) is 19.1 Å². The van der Waals surface area contributed by atoms with Crippen LogP contribution in [0.4, 0.5) is 5.69 Å². The number of nitro benzene ring substituents is 1. The first-order valence-electron chi connectivity index (χ1n) is 6.99. The van der Waals surface area contributed by atoms with Crippen LogP contribution in [0.2, 0.25) is 0 Å². The minimum absolute atomic E-state index is 0.0320. The summed E-state index contributed by atoms with van der Waals surface area (Å²) in [4.78, 5) is 23.0. The van der Waals surface area contributed by atoms with Crippen LogP contribution < -0.4 is 14.9 Å². The zero-order chi connectivity index (χ0) is 17.3. The molecule has 0 aliphatic heterocycles. The SMILES string of the molecule is COc1cc(-c2oc3ccccc3c(=O)c2OC)ccc1[N+](=O)[O-]. The van der Waals surface area contributed by atoms with Gasteiger partial charge in [0.1, 0.15) is 5.58 Å². The molecule has 0 saturated heterocycles. The van der Waals surface area contributed by atoms with Crippen LogP contribution in [0, 0.1) is 10.1 Å². The minimum Gasteiger partial charge on any atom is -0.490 e. The van der Waals surface area contributed by atoms with Gasteiger partial charge in [-0.3, -0.25) is 14.9 Å². The summed E-state index contributed by atoms with van der Waals surface area (Å²) in [6.07, 6.45) is 0. The van der Waals surface area contributed by atoms with Crippen LogP contribution in [0.15, 0.2) is 51.7 Å². The number of ether oxygens (including phenoxy) is 2. The third-order valence-corrected chi connectivity index (χ3v) is 3.60. The van der Waals surface area contributed by atoms with Crippen LogP contribution in [0.25, 0.3) is 22.3 Å². The second-order valence-corrected chi connectivity index (χ2v) is 4.93. The molecule has 0 spiro atoms.